The van der Waals surface area contributed by atoms with Gasteiger partial charge in [0.05, 0.1) is 40.1 Å². The lowest BCUT2D eigenvalue weighted by Gasteiger charge is -2.24. The second kappa shape index (κ2) is 10.5. The molecule has 1 fully saturated rings. The Morgan fingerprint density at radius 2 is 1.89 bits per heavy atom. The number of anilines is 2. The normalized spacial score (nSPS) is 17.0. The van der Waals surface area contributed by atoms with Crippen molar-refractivity contribution in [2.24, 2.45) is 5.73 Å². The summed E-state index contributed by atoms with van der Waals surface area (Å²) in [5.74, 6) is -2.42. The van der Waals surface area contributed by atoms with Crippen LogP contribution in [-0.4, -0.2) is 58.8 Å². The number of hydrogen-bond donors (Lipinski definition) is 3. The number of hydrogen-bond acceptors (Lipinski definition) is 5. The predicted molar refractivity (Wildman–Crippen MR) is 135 cm³/mol. The monoisotopic (exact) mass is 577 g/mol. The molecule has 0 saturated carbocycles. The third-order valence-electron chi connectivity index (χ3n) is 5.80. The maximum atomic E-state index is 14.7. The van der Waals surface area contributed by atoms with E-state index in [1.165, 1.54) is 12.3 Å². The van der Waals surface area contributed by atoms with E-state index in [0.717, 1.165) is 15.5 Å². The molecule has 194 valence electrons. The van der Waals surface area contributed by atoms with Gasteiger partial charge < -0.3 is 26.0 Å². The Morgan fingerprint density at radius 1 is 1.16 bits per heavy atom. The van der Waals surface area contributed by atoms with Crippen LogP contribution in [-0.2, 0) is 9.53 Å². The number of nitrogens with two attached hydrogens (primary N) is 1. The Hall–Kier alpha value is -4.00. The van der Waals surface area contributed by atoms with E-state index in [1.54, 1.807) is 31.2 Å². The lowest BCUT2D eigenvalue weighted by molar-refractivity contribution is -0.119. The van der Waals surface area contributed by atoms with Crippen LogP contribution in [0.1, 0.15) is 23.7 Å². The molecular weight excluding hydrogens is 556 g/mol. The number of ether oxygens (including phenoxy) is 1. The summed E-state index contributed by atoms with van der Waals surface area (Å²) in [5, 5.41) is 5.45. The van der Waals surface area contributed by atoms with Crippen LogP contribution in [0, 0.1) is 5.82 Å². The maximum Gasteiger partial charge on any atom is 0.338 e. The van der Waals surface area contributed by atoms with Crippen molar-refractivity contribution < 1.29 is 32.7 Å². The van der Waals surface area contributed by atoms with E-state index < -0.39 is 42.0 Å². The van der Waals surface area contributed by atoms with Gasteiger partial charge in [-0.25, -0.2) is 23.2 Å². The molecule has 3 aromatic rings. The number of nitrogens with zero attached hydrogens (tertiary/aromatic N) is 2. The van der Waals surface area contributed by atoms with Gasteiger partial charge in [0.1, 0.15) is 12.2 Å². The molecule has 0 bridgehead atoms. The minimum Gasteiger partial charge on any atom is -0.462 e. The Labute approximate surface area is 217 Å². The van der Waals surface area contributed by atoms with Gasteiger partial charge in [0, 0.05) is 18.0 Å². The first kappa shape index (κ1) is 26.1. The number of rotatable bonds is 5. The van der Waals surface area contributed by atoms with Gasteiger partial charge in [-0.05, 0) is 41.1 Å². The number of benzene rings is 2. The Morgan fingerprint density at radius 3 is 2.59 bits per heavy atom. The largest absolute Gasteiger partial charge is 0.462 e. The molecule has 4 N–H and O–H groups in total. The van der Waals surface area contributed by atoms with E-state index in [-0.39, 0.29) is 41.0 Å². The number of primary amides is 1. The molecule has 0 radical (unpaired) electrons. The molecule has 4 amide bonds. The van der Waals surface area contributed by atoms with E-state index in [9.17, 15) is 28.0 Å². The van der Waals surface area contributed by atoms with Crippen molar-refractivity contribution in [2.75, 3.05) is 23.8 Å². The minimum absolute atomic E-state index is 0.0133. The summed E-state index contributed by atoms with van der Waals surface area (Å²) in [7, 11) is 0. The standard InChI is InChI=1S/C24H22BrF2N5O5/c1-2-37-22(34)12-7-15(25)20(27)16(8-12)29-21(33)19-9-13(26)10-32(19)24(36)30-17-11-31(23(28)35)18-6-4-3-5-14(17)18/h3-8,11,13,19H,2,9-10H2,1H3,(H2,28,35)(H,29,33)(H,30,36)/t13-,19+/m1/s1. The summed E-state index contributed by atoms with van der Waals surface area (Å²) in [5.41, 5.74) is 5.74. The molecule has 2 aromatic carbocycles. The highest BCUT2D eigenvalue weighted by Gasteiger charge is 2.40. The number of para-hydroxylation sites is 1. The number of halogens is 3. The number of fused-ring (bicyclic) bond motifs is 1. The topological polar surface area (TPSA) is 136 Å². The molecule has 1 aromatic heterocycles. The van der Waals surface area contributed by atoms with E-state index >= 15 is 0 Å². The van der Waals surface area contributed by atoms with Gasteiger partial charge >= 0.3 is 18.0 Å². The van der Waals surface area contributed by atoms with Gasteiger partial charge in [-0.2, -0.15) is 0 Å². The number of likely N-dealkylation sites (tertiary alicyclic amines) is 1. The van der Waals surface area contributed by atoms with Gasteiger partial charge in [-0.15, -0.1) is 0 Å². The third kappa shape index (κ3) is 5.26. The van der Waals surface area contributed by atoms with Gasteiger partial charge in [0.15, 0.2) is 5.82 Å². The summed E-state index contributed by atoms with van der Waals surface area (Å²) < 4.78 is 35.0. The molecule has 2 heterocycles. The molecule has 1 aliphatic heterocycles. The van der Waals surface area contributed by atoms with Gasteiger partial charge in [-0.3, -0.25) is 9.36 Å². The lowest BCUT2D eigenvalue weighted by Crippen LogP contribution is -2.45. The first-order chi connectivity index (χ1) is 17.6. The molecule has 2 atom stereocenters. The molecule has 1 aliphatic rings. The average molecular weight is 578 g/mol. The van der Waals surface area contributed by atoms with Crippen LogP contribution in [0.3, 0.4) is 0 Å². The number of alkyl halides is 1. The first-order valence-electron chi connectivity index (χ1n) is 11.2. The highest BCUT2D eigenvalue weighted by Crippen LogP contribution is 2.30. The molecule has 37 heavy (non-hydrogen) atoms. The fourth-order valence-electron chi connectivity index (χ4n) is 4.13. The van der Waals surface area contributed by atoms with E-state index in [1.807, 2.05) is 0 Å². The maximum absolute atomic E-state index is 14.7. The van der Waals surface area contributed by atoms with Crippen LogP contribution in [0.25, 0.3) is 10.9 Å². The van der Waals surface area contributed by atoms with Gasteiger partial charge in [0.25, 0.3) is 0 Å². The zero-order valence-corrected chi connectivity index (χ0v) is 21.1. The summed E-state index contributed by atoms with van der Waals surface area (Å²) in [6.07, 6.45) is -0.490. The highest BCUT2D eigenvalue weighted by molar-refractivity contribution is 9.10. The molecule has 0 unspecified atom stereocenters. The number of nitrogens with one attached hydrogen (secondary N) is 2. The SMILES string of the molecule is CCOC(=O)c1cc(Br)c(F)c(NC(=O)[C@@H]2C[C@@H](F)CN2C(=O)Nc2cn(C(N)=O)c3ccccc23)c1. The van der Waals surface area contributed by atoms with Crippen molar-refractivity contribution in [3.63, 3.8) is 0 Å². The van der Waals surface area contributed by atoms with Crippen LogP contribution in [0.2, 0.25) is 0 Å². The number of esters is 1. The molecule has 4 rings (SSSR count). The van der Waals surface area contributed by atoms with Crippen molar-refractivity contribution in [3.8, 4) is 0 Å². The summed E-state index contributed by atoms with van der Waals surface area (Å²) >= 11 is 3.00. The molecule has 0 aliphatic carbocycles. The van der Waals surface area contributed by atoms with E-state index in [2.05, 4.69) is 26.6 Å². The van der Waals surface area contributed by atoms with Crippen molar-refractivity contribution in [3.05, 3.63) is 58.4 Å². The molecule has 10 nitrogen and oxygen atoms in total. The second-order valence-corrected chi connectivity index (χ2v) is 9.08. The predicted octanol–water partition coefficient (Wildman–Crippen LogP) is 4.23. The third-order valence-corrected chi connectivity index (χ3v) is 6.38. The number of carbonyl (C=O) groups excluding carboxylic acids is 4. The minimum atomic E-state index is -1.50. The average Bonchev–Trinajstić information content (AvgIpc) is 3.43. The second-order valence-electron chi connectivity index (χ2n) is 8.23. The number of aromatic nitrogens is 1. The van der Waals surface area contributed by atoms with Gasteiger partial charge in [-0.1, -0.05) is 18.2 Å². The van der Waals surface area contributed by atoms with E-state index in [4.69, 9.17) is 10.5 Å². The molecule has 0 spiro atoms. The quantitative estimate of drug-likeness (QED) is 0.390. The summed E-state index contributed by atoms with van der Waals surface area (Å²) in [6.45, 7) is 1.32. The van der Waals surface area contributed by atoms with Crippen LogP contribution >= 0.6 is 15.9 Å². The zero-order chi connectivity index (χ0) is 26.9. The highest BCUT2D eigenvalue weighted by atomic mass is 79.9. The molecule has 13 heteroatoms. The molecular formula is C24H22BrF2N5O5. The first-order valence-corrected chi connectivity index (χ1v) is 12.0. The number of carbonyl (C=O) groups is 4. The van der Waals surface area contributed by atoms with Gasteiger partial charge in [0.2, 0.25) is 5.91 Å². The zero-order valence-electron chi connectivity index (χ0n) is 19.5. The van der Waals surface area contributed by atoms with Crippen LogP contribution < -0.4 is 16.4 Å². The molecule has 1 saturated heterocycles. The summed E-state index contributed by atoms with van der Waals surface area (Å²) in [4.78, 5) is 51.0. The van der Waals surface area contributed by atoms with Crippen molar-refractivity contribution >= 4 is 62.1 Å². The fourth-order valence-corrected chi connectivity index (χ4v) is 4.59. The van der Waals surface area contributed by atoms with Crippen LogP contribution in [0.5, 0.6) is 0 Å². The van der Waals surface area contributed by atoms with Crippen LogP contribution in [0.4, 0.5) is 29.7 Å². The van der Waals surface area contributed by atoms with Crippen molar-refractivity contribution in [2.45, 2.75) is 25.6 Å². The van der Waals surface area contributed by atoms with Crippen LogP contribution in [0.15, 0.2) is 47.1 Å². The smallest absolute Gasteiger partial charge is 0.338 e. The Kier molecular flexibility index (Phi) is 7.43. The number of amides is 4. The van der Waals surface area contributed by atoms with Crippen molar-refractivity contribution in [1.82, 2.24) is 9.47 Å². The van der Waals surface area contributed by atoms with Crippen molar-refractivity contribution in [1.29, 1.82) is 0 Å². The fraction of sp³-hybridized carbons (Fsp3) is 0.250. The Bertz CT molecular complexity index is 1410. The Balaban J connectivity index is 1.56. The number of urea groups is 1. The summed E-state index contributed by atoms with van der Waals surface area (Å²) in [6, 6.07) is 6.15. The van der Waals surface area contributed by atoms with E-state index in [0.29, 0.717) is 10.9 Å². The lowest BCUT2D eigenvalue weighted by atomic mass is 10.1.